The molecule has 0 amide bonds. The maximum absolute atomic E-state index is 12.8. The van der Waals surface area contributed by atoms with Gasteiger partial charge in [0.15, 0.2) is 5.78 Å². The fraction of sp³-hybridized carbons (Fsp3) is 0.111. The highest BCUT2D eigenvalue weighted by atomic mass is 32.2. The Morgan fingerprint density at radius 1 is 1.12 bits per heavy atom. The van der Waals surface area contributed by atoms with E-state index in [1.165, 1.54) is 11.8 Å². The molecule has 0 spiro atoms. The van der Waals surface area contributed by atoms with Gasteiger partial charge in [0.05, 0.1) is 11.4 Å². The van der Waals surface area contributed by atoms with Gasteiger partial charge in [0.1, 0.15) is 0 Å². The van der Waals surface area contributed by atoms with Crippen LogP contribution in [0.15, 0.2) is 59.8 Å². The lowest BCUT2D eigenvalue weighted by Gasteiger charge is -2.04. The number of aryl methyl sites for hydroxylation is 1. The number of rotatable bonds is 5. The van der Waals surface area contributed by atoms with Crippen molar-refractivity contribution in [2.24, 2.45) is 0 Å². The second-order valence-corrected chi connectivity index (χ2v) is 6.53. The van der Waals surface area contributed by atoms with E-state index in [0.717, 1.165) is 27.8 Å². The van der Waals surface area contributed by atoms with Crippen molar-refractivity contribution in [2.75, 3.05) is 5.75 Å². The lowest BCUT2D eigenvalue weighted by molar-refractivity contribution is 0.102. The van der Waals surface area contributed by atoms with Crippen LogP contribution in [0.25, 0.3) is 16.6 Å². The van der Waals surface area contributed by atoms with Gasteiger partial charge < -0.3 is 4.98 Å². The third-order valence-corrected chi connectivity index (χ3v) is 4.87. The summed E-state index contributed by atoms with van der Waals surface area (Å²) in [6.07, 6.45) is 0. The Hall–Kier alpha value is -2.93. The van der Waals surface area contributed by atoms with Gasteiger partial charge in [0, 0.05) is 22.2 Å². The fourth-order valence-corrected chi connectivity index (χ4v) is 3.60. The zero-order valence-electron chi connectivity index (χ0n) is 13.5. The smallest absolute Gasteiger partial charge is 0.214 e. The number of nitrogens with zero attached hydrogens (tertiary/aromatic N) is 4. The molecule has 0 radical (unpaired) electrons. The first-order chi connectivity index (χ1) is 12.2. The predicted octanol–water partition coefficient (Wildman–Crippen LogP) is 3.43. The first-order valence-corrected chi connectivity index (χ1v) is 8.79. The molecule has 0 aliphatic heterocycles. The number of benzene rings is 2. The number of thioether (sulfide) groups is 1. The van der Waals surface area contributed by atoms with Crippen LogP contribution in [-0.4, -0.2) is 36.7 Å². The van der Waals surface area contributed by atoms with Crippen LogP contribution in [0.2, 0.25) is 0 Å². The molecular weight excluding hydrogens is 334 g/mol. The highest BCUT2D eigenvalue weighted by molar-refractivity contribution is 7.99. The van der Waals surface area contributed by atoms with E-state index in [-0.39, 0.29) is 11.5 Å². The number of hydrogen-bond acceptors (Lipinski definition) is 5. The van der Waals surface area contributed by atoms with E-state index in [2.05, 4.69) is 20.5 Å². The first-order valence-electron chi connectivity index (χ1n) is 7.81. The summed E-state index contributed by atoms with van der Waals surface area (Å²) in [6.45, 7) is 1.92. The highest BCUT2D eigenvalue weighted by Gasteiger charge is 2.18. The van der Waals surface area contributed by atoms with Crippen molar-refractivity contribution in [1.29, 1.82) is 0 Å². The van der Waals surface area contributed by atoms with E-state index in [1.54, 1.807) is 4.68 Å². The lowest BCUT2D eigenvalue weighted by Crippen LogP contribution is -2.06. The van der Waals surface area contributed by atoms with Crippen molar-refractivity contribution in [3.05, 3.63) is 65.9 Å². The number of ketones is 1. The number of tetrazole rings is 1. The van der Waals surface area contributed by atoms with E-state index in [1.807, 2.05) is 61.5 Å². The summed E-state index contributed by atoms with van der Waals surface area (Å²) in [7, 11) is 0. The third-order valence-electron chi connectivity index (χ3n) is 3.95. The maximum atomic E-state index is 12.8. The number of H-pyrrole nitrogens is 1. The number of nitrogens with one attached hydrogen (secondary N) is 1. The molecule has 0 fully saturated rings. The van der Waals surface area contributed by atoms with Gasteiger partial charge in [0.25, 0.3) is 0 Å². The normalized spacial score (nSPS) is 11.1. The second kappa shape index (κ2) is 6.52. The summed E-state index contributed by atoms with van der Waals surface area (Å²) < 4.78 is 1.64. The molecule has 0 unspecified atom stereocenters. The Kier molecular flexibility index (Phi) is 4.07. The molecule has 0 saturated heterocycles. The molecule has 0 aliphatic carbocycles. The molecule has 1 N–H and O–H groups in total. The molecule has 2 aromatic heterocycles. The van der Waals surface area contributed by atoms with Crippen LogP contribution in [0, 0.1) is 6.92 Å². The summed E-state index contributed by atoms with van der Waals surface area (Å²) in [5.74, 6) is 0.332. The zero-order valence-corrected chi connectivity index (χ0v) is 14.3. The van der Waals surface area contributed by atoms with Crippen LogP contribution < -0.4 is 0 Å². The SMILES string of the molecule is Cc1[nH]c2ccccc2c1C(=O)CSc1nnnn1-c1ccccc1. The van der Waals surface area contributed by atoms with Crippen molar-refractivity contribution in [1.82, 2.24) is 25.2 Å². The van der Waals surface area contributed by atoms with Gasteiger partial charge in [-0.3, -0.25) is 4.79 Å². The molecule has 0 saturated carbocycles. The molecule has 4 rings (SSSR count). The number of hydrogen-bond donors (Lipinski definition) is 1. The van der Waals surface area contributed by atoms with Gasteiger partial charge >= 0.3 is 0 Å². The van der Waals surface area contributed by atoms with Crippen molar-refractivity contribution >= 4 is 28.4 Å². The van der Waals surface area contributed by atoms with Crippen LogP contribution >= 0.6 is 11.8 Å². The molecule has 0 aliphatic rings. The first kappa shape index (κ1) is 15.6. The van der Waals surface area contributed by atoms with Crippen LogP contribution in [-0.2, 0) is 0 Å². The molecule has 0 atom stereocenters. The lowest BCUT2D eigenvalue weighted by atomic mass is 10.1. The Morgan fingerprint density at radius 2 is 1.88 bits per heavy atom. The number of fused-ring (bicyclic) bond motifs is 1. The summed E-state index contributed by atoms with van der Waals surface area (Å²) >= 11 is 1.34. The quantitative estimate of drug-likeness (QED) is 0.441. The number of carbonyl (C=O) groups is 1. The molecule has 2 aromatic carbocycles. The van der Waals surface area contributed by atoms with Crippen molar-refractivity contribution in [3.8, 4) is 5.69 Å². The summed E-state index contributed by atoms with van der Waals surface area (Å²) in [5.41, 5.74) is 3.46. The van der Waals surface area contributed by atoms with Crippen molar-refractivity contribution < 1.29 is 4.79 Å². The predicted molar refractivity (Wildman–Crippen MR) is 97.2 cm³/mol. The average Bonchev–Trinajstić information content (AvgIpc) is 3.23. The van der Waals surface area contributed by atoms with E-state index in [9.17, 15) is 4.79 Å². The van der Waals surface area contributed by atoms with Crippen LogP contribution in [0.3, 0.4) is 0 Å². The molecular formula is C18H15N5OS. The number of aromatic amines is 1. The Balaban J connectivity index is 1.57. The molecule has 2 heterocycles. The Bertz CT molecular complexity index is 1040. The molecule has 4 aromatic rings. The molecule has 124 valence electrons. The monoisotopic (exact) mass is 349 g/mol. The zero-order chi connectivity index (χ0) is 17.2. The summed E-state index contributed by atoms with van der Waals surface area (Å²) in [5, 5.41) is 13.3. The fourth-order valence-electron chi connectivity index (χ4n) is 2.84. The van der Waals surface area contributed by atoms with Gasteiger partial charge in [-0.15, -0.1) is 5.10 Å². The van der Waals surface area contributed by atoms with E-state index >= 15 is 0 Å². The maximum Gasteiger partial charge on any atom is 0.214 e. The molecule has 0 bridgehead atoms. The Morgan fingerprint density at radius 3 is 2.72 bits per heavy atom. The van der Waals surface area contributed by atoms with Crippen LogP contribution in [0.5, 0.6) is 0 Å². The van der Waals surface area contributed by atoms with E-state index in [4.69, 9.17) is 0 Å². The van der Waals surface area contributed by atoms with E-state index in [0.29, 0.717) is 5.16 Å². The second-order valence-electron chi connectivity index (χ2n) is 5.59. The van der Waals surface area contributed by atoms with Crippen LogP contribution in [0.4, 0.5) is 0 Å². The molecule has 25 heavy (non-hydrogen) atoms. The van der Waals surface area contributed by atoms with Gasteiger partial charge in [-0.05, 0) is 35.5 Å². The number of carbonyl (C=O) groups excluding carboxylic acids is 1. The van der Waals surface area contributed by atoms with Gasteiger partial charge in [0.2, 0.25) is 5.16 Å². The highest BCUT2D eigenvalue weighted by Crippen LogP contribution is 2.25. The third kappa shape index (κ3) is 2.94. The average molecular weight is 349 g/mol. The van der Waals surface area contributed by atoms with E-state index < -0.39 is 0 Å². The number of aromatic nitrogens is 5. The Labute approximate surface area is 148 Å². The number of para-hydroxylation sites is 2. The standard InChI is InChI=1S/C18H15N5OS/c1-12-17(14-9-5-6-10-15(14)19-12)16(24)11-25-18-20-21-22-23(18)13-7-3-2-4-8-13/h2-10,19H,11H2,1H3. The molecule has 7 heteroatoms. The van der Waals surface area contributed by atoms with Gasteiger partial charge in [-0.1, -0.05) is 48.2 Å². The minimum absolute atomic E-state index is 0.0579. The van der Waals surface area contributed by atoms with Gasteiger partial charge in [-0.25, -0.2) is 0 Å². The number of Topliss-reactive ketones (excluding diaryl/α,β-unsaturated/α-hetero) is 1. The summed E-state index contributed by atoms with van der Waals surface area (Å²) in [6, 6.07) is 17.5. The topological polar surface area (TPSA) is 76.5 Å². The van der Waals surface area contributed by atoms with Crippen LogP contribution in [0.1, 0.15) is 16.1 Å². The molecule has 6 nitrogen and oxygen atoms in total. The minimum atomic E-state index is 0.0579. The largest absolute Gasteiger partial charge is 0.358 e. The minimum Gasteiger partial charge on any atom is -0.358 e. The van der Waals surface area contributed by atoms with Crippen molar-refractivity contribution in [2.45, 2.75) is 12.1 Å². The van der Waals surface area contributed by atoms with Gasteiger partial charge in [-0.2, -0.15) is 4.68 Å². The van der Waals surface area contributed by atoms with Crippen molar-refractivity contribution in [3.63, 3.8) is 0 Å². The summed E-state index contributed by atoms with van der Waals surface area (Å²) in [4.78, 5) is 16.0.